The number of fused-ring (bicyclic) bond motifs is 1. The standard InChI is InChI=1S/C16H26N6O3S/c1-4-21-16(6-7-17-21)26(24,25)20-8-5-9-22-13(11-20)10-14(18-22)15(23)12-19(2)3/h6-7,10,15,23H,4-5,8-9,11-12H2,1-3H3/t15-/m1/s1. The maximum atomic E-state index is 13.1. The van der Waals surface area contributed by atoms with E-state index in [4.69, 9.17) is 0 Å². The smallest absolute Gasteiger partial charge is 0.260 e. The Kier molecular flexibility index (Phi) is 5.47. The zero-order valence-electron chi connectivity index (χ0n) is 15.4. The molecule has 1 atom stereocenters. The predicted molar refractivity (Wildman–Crippen MR) is 95.9 cm³/mol. The third-order valence-corrected chi connectivity index (χ3v) is 6.33. The van der Waals surface area contributed by atoms with E-state index in [1.165, 1.54) is 21.3 Å². The Bertz CT molecular complexity index is 857. The fraction of sp³-hybridized carbons (Fsp3) is 0.625. The first-order valence-electron chi connectivity index (χ1n) is 8.74. The van der Waals surface area contributed by atoms with Gasteiger partial charge < -0.3 is 10.0 Å². The summed E-state index contributed by atoms with van der Waals surface area (Å²) in [6.07, 6.45) is 1.47. The van der Waals surface area contributed by atoms with Crippen LogP contribution in [0.15, 0.2) is 23.4 Å². The fourth-order valence-corrected chi connectivity index (χ4v) is 4.78. The molecule has 9 nitrogen and oxygen atoms in total. The first kappa shape index (κ1) is 19.0. The van der Waals surface area contributed by atoms with Crippen molar-refractivity contribution < 1.29 is 13.5 Å². The van der Waals surface area contributed by atoms with Crippen LogP contribution in [-0.2, 0) is 29.7 Å². The first-order valence-corrected chi connectivity index (χ1v) is 10.2. The Balaban J connectivity index is 1.86. The van der Waals surface area contributed by atoms with Crippen LogP contribution in [0.2, 0.25) is 0 Å². The van der Waals surface area contributed by atoms with Crippen molar-refractivity contribution in [2.45, 2.75) is 44.1 Å². The van der Waals surface area contributed by atoms with Gasteiger partial charge in [0.25, 0.3) is 10.0 Å². The van der Waals surface area contributed by atoms with Gasteiger partial charge in [-0.3, -0.25) is 9.36 Å². The molecular formula is C16H26N6O3S. The van der Waals surface area contributed by atoms with Crippen LogP contribution >= 0.6 is 0 Å². The highest BCUT2D eigenvalue weighted by Crippen LogP contribution is 2.23. The molecule has 26 heavy (non-hydrogen) atoms. The number of aliphatic hydroxyl groups excluding tert-OH is 1. The monoisotopic (exact) mass is 382 g/mol. The van der Waals surface area contributed by atoms with Crippen LogP contribution in [-0.4, -0.2) is 69.5 Å². The van der Waals surface area contributed by atoms with Gasteiger partial charge in [-0.05, 0) is 39.6 Å². The summed E-state index contributed by atoms with van der Waals surface area (Å²) in [6, 6.07) is 3.34. The fourth-order valence-electron chi connectivity index (χ4n) is 3.17. The number of aromatic nitrogens is 4. The van der Waals surface area contributed by atoms with Crippen LogP contribution in [0.4, 0.5) is 0 Å². The van der Waals surface area contributed by atoms with Gasteiger partial charge in [-0.1, -0.05) is 0 Å². The Morgan fingerprint density at radius 3 is 2.81 bits per heavy atom. The number of likely N-dealkylation sites (N-methyl/N-ethyl adjacent to an activating group) is 1. The molecular weight excluding hydrogens is 356 g/mol. The number of hydrogen-bond donors (Lipinski definition) is 1. The molecule has 2 aromatic rings. The summed E-state index contributed by atoms with van der Waals surface area (Å²) in [6.45, 7) is 4.11. The second-order valence-corrected chi connectivity index (χ2v) is 8.62. The number of aliphatic hydroxyl groups is 1. The van der Waals surface area contributed by atoms with Gasteiger partial charge >= 0.3 is 0 Å². The molecule has 1 aliphatic rings. The van der Waals surface area contributed by atoms with Gasteiger partial charge in [0.2, 0.25) is 0 Å². The summed E-state index contributed by atoms with van der Waals surface area (Å²) >= 11 is 0. The average Bonchev–Trinajstić information content (AvgIpc) is 3.16. The van der Waals surface area contributed by atoms with Gasteiger partial charge in [0, 0.05) is 26.2 Å². The van der Waals surface area contributed by atoms with E-state index < -0.39 is 16.1 Å². The van der Waals surface area contributed by atoms with Crippen molar-refractivity contribution in [1.29, 1.82) is 0 Å². The largest absolute Gasteiger partial charge is 0.385 e. The third kappa shape index (κ3) is 3.68. The molecule has 3 rings (SSSR count). The molecule has 0 unspecified atom stereocenters. The lowest BCUT2D eigenvalue weighted by atomic mass is 10.2. The molecule has 144 valence electrons. The predicted octanol–water partition coefficient (Wildman–Crippen LogP) is 0.289. The summed E-state index contributed by atoms with van der Waals surface area (Å²) in [7, 11) is 0.133. The SMILES string of the molecule is CCn1nccc1S(=O)(=O)N1CCCn2nc([C@H](O)CN(C)C)cc2C1. The topological polar surface area (TPSA) is 96.5 Å². The summed E-state index contributed by atoms with van der Waals surface area (Å²) in [5.74, 6) is 0. The van der Waals surface area contributed by atoms with Crippen molar-refractivity contribution in [2.24, 2.45) is 0 Å². The van der Waals surface area contributed by atoms with Gasteiger partial charge in [-0.25, -0.2) is 8.42 Å². The van der Waals surface area contributed by atoms with E-state index in [2.05, 4.69) is 10.2 Å². The molecule has 0 fully saturated rings. The van der Waals surface area contributed by atoms with Crippen molar-refractivity contribution in [3.05, 3.63) is 29.7 Å². The van der Waals surface area contributed by atoms with E-state index in [9.17, 15) is 13.5 Å². The van der Waals surface area contributed by atoms with E-state index in [-0.39, 0.29) is 11.6 Å². The molecule has 2 aromatic heterocycles. The normalized spacial score (nSPS) is 17.3. The van der Waals surface area contributed by atoms with E-state index >= 15 is 0 Å². The summed E-state index contributed by atoms with van der Waals surface area (Å²) in [5, 5.41) is 19.1. The summed E-state index contributed by atoms with van der Waals surface area (Å²) < 4.78 is 30.9. The second-order valence-electron chi connectivity index (χ2n) is 6.74. The highest BCUT2D eigenvalue weighted by Gasteiger charge is 2.30. The minimum atomic E-state index is -3.64. The van der Waals surface area contributed by atoms with Crippen molar-refractivity contribution in [1.82, 2.24) is 28.8 Å². The van der Waals surface area contributed by atoms with Gasteiger partial charge in [-0.15, -0.1) is 0 Å². The molecule has 0 saturated carbocycles. The first-order chi connectivity index (χ1) is 12.3. The quantitative estimate of drug-likeness (QED) is 0.771. The summed E-state index contributed by atoms with van der Waals surface area (Å²) in [4.78, 5) is 1.89. The Hall–Kier alpha value is -1.75. The summed E-state index contributed by atoms with van der Waals surface area (Å²) in [5.41, 5.74) is 1.37. The Morgan fingerprint density at radius 2 is 2.12 bits per heavy atom. The molecule has 1 aliphatic heterocycles. The van der Waals surface area contributed by atoms with Crippen LogP contribution in [0, 0.1) is 0 Å². The zero-order valence-corrected chi connectivity index (χ0v) is 16.2. The Morgan fingerprint density at radius 1 is 1.35 bits per heavy atom. The van der Waals surface area contributed by atoms with Gasteiger partial charge in [0.15, 0.2) is 5.03 Å². The van der Waals surface area contributed by atoms with Crippen LogP contribution in [0.25, 0.3) is 0 Å². The molecule has 0 aromatic carbocycles. The van der Waals surface area contributed by atoms with Crippen molar-refractivity contribution in [3.63, 3.8) is 0 Å². The average molecular weight is 382 g/mol. The second kappa shape index (κ2) is 7.47. The lowest BCUT2D eigenvalue weighted by molar-refractivity contribution is 0.133. The molecule has 1 N–H and O–H groups in total. The number of rotatable bonds is 6. The highest BCUT2D eigenvalue weighted by molar-refractivity contribution is 7.89. The van der Waals surface area contributed by atoms with Crippen molar-refractivity contribution in [3.8, 4) is 0 Å². The van der Waals surface area contributed by atoms with Crippen LogP contribution in [0.1, 0.15) is 30.8 Å². The number of sulfonamides is 1. The van der Waals surface area contributed by atoms with Crippen LogP contribution in [0.5, 0.6) is 0 Å². The van der Waals surface area contributed by atoms with E-state index in [0.29, 0.717) is 38.3 Å². The number of nitrogens with zero attached hydrogens (tertiary/aromatic N) is 6. The minimum Gasteiger partial charge on any atom is -0.385 e. The lowest BCUT2D eigenvalue weighted by Gasteiger charge is -2.20. The number of hydrogen-bond acceptors (Lipinski definition) is 6. The Labute approximate surface area is 153 Å². The number of aryl methyl sites for hydroxylation is 2. The lowest BCUT2D eigenvalue weighted by Crippen LogP contribution is -2.32. The highest BCUT2D eigenvalue weighted by atomic mass is 32.2. The molecule has 0 radical (unpaired) electrons. The van der Waals surface area contributed by atoms with Gasteiger partial charge in [-0.2, -0.15) is 14.5 Å². The molecule has 0 amide bonds. The molecule has 10 heteroatoms. The molecule has 0 saturated heterocycles. The molecule has 0 aliphatic carbocycles. The van der Waals surface area contributed by atoms with Crippen LogP contribution in [0.3, 0.4) is 0 Å². The zero-order chi connectivity index (χ0) is 18.9. The maximum Gasteiger partial charge on any atom is 0.260 e. The van der Waals surface area contributed by atoms with Crippen molar-refractivity contribution in [2.75, 3.05) is 27.2 Å². The van der Waals surface area contributed by atoms with Gasteiger partial charge in [0.1, 0.15) is 6.10 Å². The molecule has 0 spiro atoms. The van der Waals surface area contributed by atoms with E-state index in [1.54, 1.807) is 10.7 Å². The van der Waals surface area contributed by atoms with Crippen LogP contribution < -0.4 is 0 Å². The third-order valence-electron chi connectivity index (χ3n) is 4.46. The van der Waals surface area contributed by atoms with E-state index in [0.717, 1.165) is 5.69 Å². The molecule has 0 bridgehead atoms. The minimum absolute atomic E-state index is 0.209. The maximum absolute atomic E-state index is 13.1. The van der Waals surface area contributed by atoms with E-state index in [1.807, 2.05) is 25.9 Å². The van der Waals surface area contributed by atoms with Gasteiger partial charge in [0.05, 0.1) is 24.1 Å². The molecule has 3 heterocycles. The van der Waals surface area contributed by atoms with Crippen molar-refractivity contribution >= 4 is 10.0 Å².